The van der Waals surface area contributed by atoms with Crippen LogP contribution in [0, 0.1) is 5.92 Å². The number of morpholine rings is 1. The first-order valence-corrected chi connectivity index (χ1v) is 7.99. The van der Waals surface area contributed by atoms with Gasteiger partial charge in [-0.25, -0.2) is 0 Å². The lowest BCUT2D eigenvalue weighted by Crippen LogP contribution is -2.51. The Balaban J connectivity index is 0.00000264. The number of benzene rings is 1. The van der Waals surface area contributed by atoms with E-state index >= 15 is 0 Å². The van der Waals surface area contributed by atoms with Crippen LogP contribution in [0.2, 0.25) is 0 Å². The van der Waals surface area contributed by atoms with Crippen LogP contribution in [0.15, 0.2) is 24.3 Å². The van der Waals surface area contributed by atoms with Crippen LogP contribution in [0.4, 0.5) is 5.69 Å². The fourth-order valence-corrected chi connectivity index (χ4v) is 2.80. The van der Waals surface area contributed by atoms with Gasteiger partial charge in [-0.3, -0.25) is 9.69 Å². The second-order valence-electron chi connectivity index (χ2n) is 6.18. The van der Waals surface area contributed by atoms with E-state index in [1.54, 1.807) is 0 Å². The summed E-state index contributed by atoms with van der Waals surface area (Å²) in [4.78, 5) is 14.5. The fraction of sp³-hybridized carbons (Fsp3) is 0.588. The Hall–Kier alpha value is -1.01. The van der Waals surface area contributed by atoms with Crippen LogP contribution >= 0.6 is 24.8 Å². The number of nitrogens with one attached hydrogen (secondary N) is 1. The average molecular weight is 378 g/mol. The molecule has 1 heterocycles. The topological polar surface area (TPSA) is 67.6 Å². The zero-order valence-electron chi connectivity index (χ0n) is 14.4. The highest BCUT2D eigenvalue weighted by Gasteiger charge is 2.24. The summed E-state index contributed by atoms with van der Waals surface area (Å²) in [6, 6.07) is 7.81. The third-order valence-corrected chi connectivity index (χ3v) is 4.14. The highest BCUT2D eigenvalue weighted by atomic mass is 35.5. The number of anilines is 1. The van der Waals surface area contributed by atoms with Gasteiger partial charge in [0.2, 0.25) is 5.91 Å². The first-order chi connectivity index (χ1) is 10.6. The van der Waals surface area contributed by atoms with E-state index in [9.17, 15) is 4.79 Å². The summed E-state index contributed by atoms with van der Waals surface area (Å²) < 4.78 is 5.40. The number of carbonyl (C=O) groups is 1. The largest absolute Gasteiger partial charge is 0.399 e. The van der Waals surface area contributed by atoms with E-state index in [0.29, 0.717) is 24.9 Å². The van der Waals surface area contributed by atoms with Crippen LogP contribution < -0.4 is 11.1 Å². The molecule has 0 saturated carbocycles. The summed E-state index contributed by atoms with van der Waals surface area (Å²) in [5.41, 5.74) is 7.36. The van der Waals surface area contributed by atoms with E-state index in [1.165, 1.54) is 0 Å². The molecule has 24 heavy (non-hydrogen) atoms. The number of hydrogen-bond acceptors (Lipinski definition) is 4. The van der Waals surface area contributed by atoms with Crippen molar-refractivity contribution in [2.24, 2.45) is 5.92 Å². The maximum absolute atomic E-state index is 12.1. The van der Waals surface area contributed by atoms with Crippen LogP contribution in [-0.2, 0) is 16.0 Å². The van der Waals surface area contributed by atoms with Gasteiger partial charge in [0.05, 0.1) is 19.6 Å². The summed E-state index contributed by atoms with van der Waals surface area (Å²) >= 11 is 0. The molecular weight excluding hydrogens is 349 g/mol. The molecular formula is C17H29Cl2N3O2. The van der Waals surface area contributed by atoms with Crippen molar-refractivity contribution in [3.8, 4) is 0 Å². The molecule has 1 saturated heterocycles. The van der Waals surface area contributed by atoms with Crippen LogP contribution in [-0.4, -0.2) is 49.7 Å². The Labute approximate surface area is 157 Å². The van der Waals surface area contributed by atoms with Gasteiger partial charge in [-0.05, 0) is 23.6 Å². The maximum atomic E-state index is 12.1. The molecule has 1 aliphatic rings. The fourth-order valence-electron chi connectivity index (χ4n) is 2.80. The third kappa shape index (κ3) is 7.26. The second kappa shape index (κ2) is 11.5. The molecule has 0 aromatic heterocycles. The van der Waals surface area contributed by atoms with E-state index in [0.717, 1.165) is 37.6 Å². The van der Waals surface area contributed by atoms with Gasteiger partial charge in [0.1, 0.15) is 0 Å². The summed E-state index contributed by atoms with van der Waals surface area (Å²) in [5.74, 6) is 0.554. The molecule has 1 unspecified atom stereocenters. The lowest BCUT2D eigenvalue weighted by Gasteiger charge is -2.36. The van der Waals surface area contributed by atoms with Crippen molar-refractivity contribution in [3.05, 3.63) is 29.8 Å². The lowest BCUT2D eigenvalue weighted by atomic mass is 10.0. The van der Waals surface area contributed by atoms with Gasteiger partial charge in [0.15, 0.2) is 0 Å². The van der Waals surface area contributed by atoms with Crippen LogP contribution in [0.25, 0.3) is 0 Å². The van der Waals surface area contributed by atoms with Crippen molar-refractivity contribution < 1.29 is 9.53 Å². The molecule has 1 aromatic carbocycles. The Morgan fingerprint density at radius 1 is 1.21 bits per heavy atom. The van der Waals surface area contributed by atoms with Crippen LogP contribution in [0.1, 0.15) is 19.4 Å². The molecule has 5 nitrogen and oxygen atoms in total. The van der Waals surface area contributed by atoms with Crippen molar-refractivity contribution in [3.63, 3.8) is 0 Å². The maximum Gasteiger partial charge on any atom is 0.224 e. The van der Waals surface area contributed by atoms with Gasteiger partial charge in [0, 0.05) is 31.4 Å². The Bertz CT molecular complexity index is 477. The normalized spacial score (nSPS) is 16.0. The highest BCUT2D eigenvalue weighted by Crippen LogP contribution is 2.12. The van der Waals surface area contributed by atoms with Gasteiger partial charge in [0.25, 0.3) is 0 Å². The number of halogens is 2. The predicted octanol–water partition coefficient (Wildman–Crippen LogP) is 2.13. The lowest BCUT2D eigenvalue weighted by molar-refractivity contribution is -0.120. The number of rotatable bonds is 6. The Kier molecular flexibility index (Phi) is 11.0. The van der Waals surface area contributed by atoms with Crippen molar-refractivity contribution in [2.45, 2.75) is 26.3 Å². The smallest absolute Gasteiger partial charge is 0.224 e. The zero-order valence-corrected chi connectivity index (χ0v) is 16.0. The van der Waals surface area contributed by atoms with Gasteiger partial charge in [-0.15, -0.1) is 24.8 Å². The Morgan fingerprint density at radius 3 is 2.33 bits per heavy atom. The Morgan fingerprint density at radius 2 is 1.79 bits per heavy atom. The number of hydrogen-bond donors (Lipinski definition) is 2. The first kappa shape index (κ1) is 23.0. The molecule has 0 aliphatic carbocycles. The van der Waals surface area contributed by atoms with Crippen molar-refractivity contribution >= 4 is 36.4 Å². The second-order valence-corrected chi connectivity index (χ2v) is 6.18. The van der Waals surface area contributed by atoms with Crippen molar-refractivity contribution in [1.29, 1.82) is 0 Å². The molecule has 1 aliphatic heterocycles. The zero-order chi connectivity index (χ0) is 15.9. The van der Waals surface area contributed by atoms with E-state index in [2.05, 4.69) is 24.1 Å². The third-order valence-electron chi connectivity index (χ3n) is 4.14. The van der Waals surface area contributed by atoms with Gasteiger partial charge in [-0.1, -0.05) is 26.0 Å². The summed E-state index contributed by atoms with van der Waals surface area (Å²) in [5, 5.41) is 3.07. The molecule has 0 bridgehead atoms. The molecule has 1 fully saturated rings. The van der Waals surface area contributed by atoms with E-state index in [-0.39, 0.29) is 30.7 Å². The average Bonchev–Trinajstić information content (AvgIpc) is 2.50. The monoisotopic (exact) mass is 377 g/mol. The highest BCUT2D eigenvalue weighted by molar-refractivity contribution is 5.85. The molecule has 0 spiro atoms. The molecule has 0 radical (unpaired) electrons. The molecule has 7 heteroatoms. The van der Waals surface area contributed by atoms with E-state index in [4.69, 9.17) is 10.5 Å². The van der Waals surface area contributed by atoms with E-state index < -0.39 is 0 Å². The van der Waals surface area contributed by atoms with Gasteiger partial charge in [-0.2, -0.15) is 0 Å². The number of nitrogens with zero attached hydrogens (tertiary/aromatic N) is 1. The SMILES string of the molecule is CC(C)C(CNC(=O)Cc1ccc(N)cc1)N1CCOCC1.Cl.Cl. The number of carbonyl (C=O) groups excluding carboxylic acids is 1. The van der Waals surface area contributed by atoms with Crippen LogP contribution in [0.3, 0.4) is 0 Å². The quantitative estimate of drug-likeness (QED) is 0.745. The minimum atomic E-state index is 0. The minimum absolute atomic E-state index is 0. The van der Waals surface area contributed by atoms with Gasteiger partial charge < -0.3 is 15.8 Å². The molecule has 1 aromatic rings. The predicted molar refractivity (Wildman–Crippen MR) is 103 cm³/mol. The first-order valence-electron chi connectivity index (χ1n) is 7.99. The number of ether oxygens (including phenoxy) is 1. The molecule has 3 N–H and O–H groups in total. The van der Waals surface area contributed by atoms with Crippen molar-refractivity contribution in [2.75, 3.05) is 38.6 Å². The summed E-state index contributed by atoms with van der Waals surface area (Å²) in [6.45, 7) is 8.53. The molecule has 1 atom stereocenters. The van der Waals surface area contributed by atoms with Gasteiger partial charge >= 0.3 is 0 Å². The standard InChI is InChI=1S/C17H27N3O2.2ClH/c1-13(2)16(20-7-9-22-10-8-20)12-19-17(21)11-14-3-5-15(18)6-4-14;;/h3-6,13,16H,7-12,18H2,1-2H3,(H,19,21);2*1H. The number of nitrogen functional groups attached to an aromatic ring is 1. The van der Waals surface area contributed by atoms with Crippen molar-refractivity contribution in [1.82, 2.24) is 10.2 Å². The van der Waals surface area contributed by atoms with Crippen LogP contribution in [0.5, 0.6) is 0 Å². The molecule has 1 amide bonds. The number of amides is 1. The summed E-state index contributed by atoms with van der Waals surface area (Å²) in [6.07, 6.45) is 0.397. The molecule has 2 rings (SSSR count). The number of nitrogens with two attached hydrogens (primary N) is 1. The molecule has 138 valence electrons. The summed E-state index contributed by atoms with van der Waals surface area (Å²) in [7, 11) is 0. The minimum Gasteiger partial charge on any atom is -0.399 e. The van der Waals surface area contributed by atoms with E-state index in [1.807, 2.05) is 24.3 Å².